The van der Waals surface area contributed by atoms with E-state index in [1.807, 2.05) is 0 Å². The summed E-state index contributed by atoms with van der Waals surface area (Å²) in [5.41, 5.74) is 11.2. The molecule has 120 valence electrons. The molecule has 9 heteroatoms. The molecular weight excluding hydrogens is 292 g/mol. The van der Waals surface area contributed by atoms with Gasteiger partial charge in [0.15, 0.2) is 0 Å². The van der Waals surface area contributed by atoms with Gasteiger partial charge in [-0.2, -0.15) is 0 Å². The van der Waals surface area contributed by atoms with E-state index in [4.69, 9.17) is 26.0 Å². The summed E-state index contributed by atoms with van der Waals surface area (Å²) in [6.07, 6.45) is -5.02. The highest BCUT2D eigenvalue weighted by Gasteiger charge is 2.44. The van der Waals surface area contributed by atoms with Crippen LogP contribution in [0.5, 0.6) is 0 Å². The summed E-state index contributed by atoms with van der Waals surface area (Å²) in [5.74, 6) is -0.841. The number of hydrogen-bond donors (Lipinski definition) is 5. The minimum absolute atomic E-state index is 0. The standard InChI is InChI=1S/C11H22N2O6.ClH/c1-4(2)6(12)10(17)19-11-7(13)9(16)8(15)5(3-14)18-11;/h4-9,11,14-16H,3,12-13H2,1-2H3;1H/t5-,6?,7-,8-,9-,11?;/m1./s1. The molecule has 20 heavy (non-hydrogen) atoms. The number of halogens is 1. The van der Waals surface area contributed by atoms with Gasteiger partial charge >= 0.3 is 5.97 Å². The van der Waals surface area contributed by atoms with Crippen molar-refractivity contribution in [2.75, 3.05) is 6.61 Å². The summed E-state index contributed by atoms with van der Waals surface area (Å²) in [4.78, 5) is 11.7. The lowest BCUT2D eigenvalue weighted by molar-refractivity contribution is -0.260. The zero-order valence-electron chi connectivity index (χ0n) is 11.4. The highest BCUT2D eigenvalue weighted by atomic mass is 35.5. The third-order valence-electron chi connectivity index (χ3n) is 3.15. The Labute approximate surface area is 123 Å². The lowest BCUT2D eigenvalue weighted by Gasteiger charge is -2.40. The maximum atomic E-state index is 11.7. The van der Waals surface area contributed by atoms with Crippen LogP contribution in [0.1, 0.15) is 13.8 Å². The van der Waals surface area contributed by atoms with E-state index in [0.29, 0.717) is 0 Å². The van der Waals surface area contributed by atoms with E-state index in [0.717, 1.165) is 0 Å². The van der Waals surface area contributed by atoms with Crippen LogP contribution in [0.25, 0.3) is 0 Å². The van der Waals surface area contributed by atoms with Crippen molar-refractivity contribution in [2.45, 2.75) is 50.5 Å². The Morgan fingerprint density at radius 1 is 1.35 bits per heavy atom. The fourth-order valence-corrected chi connectivity index (χ4v) is 1.67. The van der Waals surface area contributed by atoms with Crippen LogP contribution in [0.4, 0.5) is 0 Å². The van der Waals surface area contributed by atoms with Crippen molar-refractivity contribution in [3.8, 4) is 0 Å². The van der Waals surface area contributed by atoms with Crippen molar-refractivity contribution in [1.29, 1.82) is 0 Å². The fraction of sp³-hybridized carbons (Fsp3) is 0.909. The van der Waals surface area contributed by atoms with Gasteiger partial charge in [-0.3, -0.25) is 4.79 Å². The van der Waals surface area contributed by atoms with Crippen molar-refractivity contribution in [3.05, 3.63) is 0 Å². The minimum Gasteiger partial charge on any atom is -0.433 e. The second-order valence-corrected chi connectivity index (χ2v) is 4.99. The number of esters is 1. The Bertz CT molecular complexity index is 317. The Hall–Kier alpha value is -0.480. The summed E-state index contributed by atoms with van der Waals surface area (Å²) >= 11 is 0. The zero-order chi connectivity index (χ0) is 14.7. The van der Waals surface area contributed by atoms with Gasteiger partial charge in [0.2, 0.25) is 6.29 Å². The number of carbonyl (C=O) groups is 1. The van der Waals surface area contributed by atoms with E-state index in [-0.39, 0.29) is 18.3 Å². The average molecular weight is 315 g/mol. The number of hydrogen-bond acceptors (Lipinski definition) is 8. The largest absolute Gasteiger partial charge is 0.433 e. The van der Waals surface area contributed by atoms with Gasteiger partial charge in [0.25, 0.3) is 0 Å². The molecule has 1 aliphatic heterocycles. The van der Waals surface area contributed by atoms with Gasteiger partial charge in [-0.1, -0.05) is 13.8 Å². The Balaban J connectivity index is 0.00000361. The number of aliphatic hydroxyl groups is 3. The molecule has 0 spiro atoms. The predicted octanol–water partition coefficient (Wildman–Crippen LogP) is -2.30. The van der Waals surface area contributed by atoms with E-state index >= 15 is 0 Å². The van der Waals surface area contributed by atoms with Crippen LogP contribution >= 0.6 is 12.4 Å². The molecule has 7 N–H and O–H groups in total. The fourth-order valence-electron chi connectivity index (χ4n) is 1.67. The first-order chi connectivity index (χ1) is 8.79. The minimum atomic E-state index is -1.36. The molecule has 6 atom stereocenters. The van der Waals surface area contributed by atoms with E-state index in [1.54, 1.807) is 13.8 Å². The second-order valence-electron chi connectivity index (χ2n) is 4.99. The van der Waals surface area contributed by atoms with Gasteiger partial charge in [-0.05, 0) is 5.92 Å². The lowest BCUT2D eigenvalue weighted by atomic mass is 9.98. The number of aliphatic hydroxyl groups excluding tert-OH is 3. The molecule has 0 aromatic heterocycles. The number of nitrogens with two attached hydrogens (primary N) is 2. The topological polar surface area (TPSA) is 148 Å². The third kappa shape index (κ3) is 4.26. The van der Waals surface area contributed by atoms with Gasteiger partial charge in [0.1, 0.15) is 24.4 Å². The van der Waals surface area contributed by atoms with Crippen LogP contribution in [-0.2, 0) is 14.3 Å². The lowest BCUT2D eigenvalue weighted by Crippen LogP contribution is -2.63. The summed E-state index contributed by atoms with van der Waals surface area (Å²) in [7, 11) is 0. The average Bonchev–Trinajstić information content (AvgIpc) is 2.38. The smallest absolute Gasteiger partial charge is 0.325 e. The van der Waals surface area contributed by atoms with Crippen LogP contribution in [0.15, 0.2) is 0 Å². The SMILES string of the molecule is CC(C)C(N)C(=O)OC1O[C@H](CO)[C@@H](O)[C@H](O)[C@H]1N.Cl. The molecule has 1 aliphatic rings. The van der Waals surface area contributed by atoms with E-state index < -0.39 is 49.3 Å². The molecule has 2 unspecified atom stereocenters. The van der Waals surface area contributed by atoms with Crippen LogP contribution < -0.4 is 11.5 Å². The summed E-state index contributed by atoms with van der Waals surface area (Å²) in [5, 5.41) is 28.3. The summed E-state index contributed by atoms with van der Waals surface area (Å²) in [6, 6.07) is -1.95. The molecule has 8 nitrogen and oxygen atoms in total. The molecule has 0 amide bonds. The van der Waals surface area contributed by atoms with Gasteiger partial charge < -0.3 is 36.3 Å². The van der Waals surface area contributed by atoms with Crippen molar-refractivity contribution < 1.29 is 29.6 Å². The maximum Gasteiger partial charge on any atom is 0.325 e. The molecule has 0 aromatic rings. The molecule has 0 aliphatic carbocycles. The van der Waals surface area contributed by atoms with E-state index in [2.05, 4.69) is 0 Å². The van der Waals surface area contributed by atoms with Crippen molar-refractivity contribution >= 4 is 18.4 Å². The number of rotatable bonds is 4. The van der Waals surface area contributed by atoms with Gasteiger partial charge in [-0.15, -0.1) is 12.4 Å². The molecule has 1 fully saturated rings. The van der Waals surface area contributed by atoms with Gasteiger partial charge in [0, 0.05) is 0 Å². The van der Waals surface area contributed by atoms with Crippen molar-refractivity contribution in [2.24, 2.45) is 17.4 Å². The highest BCUT2D eigenvalue weighted by Crippen LogP contribution is 2.21. The Morgan fingerprint density at radius 3 is 2.35 bits per heavy atom. The quantitative estimate of drug-likeness (QED) is 0.364. The molecule has 0 bridgehead atoms. The molecule has 1 rings (SSSR count). The molecule has 1 saturated heterocycles. The van der Waals surface area contributed by atoms with Crippen LogP contribution in [-0.4, -0.2) is 64.6 Å². The van der Waals surface area contributed by atoms with E-state index in [9.17, 15) is 15.0 Å². The Morgan fingerprint density at radius 2 is 1.90 bits per heavy atom. The zero-order valence-corrected chi connectivity index (χ0v) is 12.2. The number of carbonyl (C=O) groups excluding carboxylic acids is 1. The Kier molecular flexibility index (Phi) is 7.89. The molecule has 1 heterocycles. The maximum absolute atomic E-state index is 11.7. The molecule has 0 aromatic carbocycles. The molecule has 0 radical (unpaired) electrons. The molecule has 0 saturated carbocycles. The first kappa shape index (κ1) is 19.5. The van der Waals surface area contributed by atoms with Crippen molar-refractivity contribution in [3.63, 3.8) is 0 Å². The van der Waals surface area contributed by atoms with Crippen LogP contribution in [0.2, 0.25) is 0 Å². The predicted molar refractivity (Wildman–Crippen MR) is 71.9 cm³/mol. The summed E-state index contributed by atoms with van der Waals surface area (Å²) in [6.45, 7) is 2.97. The second kappa shape index (κ2) is 8.08. The van der Waals surface area contributed by atoms with Crippen LogP contribution in [0.3, 0.4) is 0 Å². The van der Waals surface area contributed by atoms with Gasteiger partial charge in [0.05, 0.1) is 12.6 Å². The monoisotopic (exact) mass is 314 g/mol. The molecular formula is C11H23ClN2O6. The van der Waals surface area contributed by atoms with E-state index in [1.165, 1.54) is 0 Å². The van der Waals surface area contributed by atoms with Crippen LogP contribution in [0, 0.1) is 5.92 Å². The highest BCUT2D eigenvalue weighted by molar-refractivity contribution is 5.85. The van der Waals surface area contributed by atoms with Gasteiger partial charge in [-0.25, -0.2) is 0 Å². The first-order valence-corrected chi connectivity index (χ1v) is 6.13. The number of ether oxygens (including phenoxy) is 2. The first-order valence-electron chi connectivity index (χ1n) is 6.13. The summed E-state index contributed by atoms with van der Waals surface area (Å²) < 4.78 is 10.1. The normalized spacial score (nSPS) is 35.3. The third-order valence-corrected chi connectivity index (χ3v) is 3.15. The van der Waals surface area contributed by atoms with Crippen molar-refractivity contribution in [1.82, 2.24) is 0 Å².